The summed E-state index contributed by atoms with van der Waals surface area (Å²) in [5.74, 6) is -0.817. The van der Waals surface area contributed by atoms with Crippen LogP contribution in [0, 0.1) is 5.92 Å². The Hall–Kier alpha value is -1.39. The monoisotopic (exact) mass is 290 g/mol. The number of nitrogens with one attached hydrogen (secondary N) is 1. The van der Waals surface area contributed by atoms with Crippen molar-refractivity contribution < 1.29 is 9.90 Å². The van der Waals surface area contributed by atoms with Gasteiger partial charge in [-0.25, -0.2) is 0 Å². The van der Waals surface area contributed by atoms with E-state index in [1.165, 1.54) is 11.1 Å². The van der Waals surface area contributed by atoms with Crippen LogP contribution in [0.15, 0.2) is 24.3 Å². The molecule has 1 aromatic rings. The van der Waals surface area contributed by atoms with Gasteiger partial charge in [0.15, 0.2) is 0 Å². The van der Waals surface area contributed by atoms with Gasteiger partial charge in [-0.3, -0.25) is 4.79 Å². The lowest BCUT2D eigenvalue weighted by Gasteiger charge is -2.28. The van der Waals surface area contributed by atoms with Crippen LogP contribution in [-0.2, 0) is 17.9 Å². The fourth-order valence-corrected chi connectivity index (χ4v) is 3.08. The number of hydrogen-bond donors (Lipinski definition) is 2. The smallest absolute Gasteiger partial charge is 0.306 e. The zero-order chi connectivity index (χ0) is 15.2. The lowest BCUT2D eigenvalue weighted by Crippen LogP contribution is -2.36. The van der Waals surface area contributed by atoms with Gasteiger partial charge in [-0.05, 0) is 44.5 Å². The molecule has 1 fully saturated rings. The van der Waals surface area contributed by atoms with E-state index in [0.29, 0.717) is 6.04 Å². The SMILES string of the molecule is CN(C)Cc1ccccc1CNC1CCCC(C(=O)O)C1. The average molecular weight is 290 g/mol. The summed E-state index contributed by atoms with van der Waals surface area (Å²) in [4.78, 5) is 13.3. The van der Waals surface area contributed by atoms with Crippen molar-refractivity contribution in [1.29, 1.82) is 0 Å². The Morgan fingerprint density at radius 1 is 1.29 bits per heavy atom. The van der Waals surface area contributed by atoms with Gasteiger partial charge in [-0.2, -0.15) is 0 Å². The predicted octanol–water partition coefficient (Wildman–Crippen LogP) is 2.48. The lowest BCUT2D eigenvalue weighted by atomic mass is 9.85. The van der Waals surface area contributed by atoms with E-state index in [-0.39, 0.29) is 5.92 Å². The minimum atomic E-state index is -0.644. The first-order valence-electron chi connectivity index (χ1n) is 7.74. The van der Waals surface area contributed by atoms with Crippen LogP contribution in [0.3, 0.4) is 0 Å². The molecule has 0 heterocycles. The van der Waals surface area contributed by atoms with Crippen molar-refractivity contribution in [3.8, 4) is 0 Å². The number of carboxylic acid groups (broad SMARTS) is 1. The minimum absolute atomic E-state index is 0.173. The molecule has 2 unspecified atom stereocenters. The molecular formula is C17H26N2O2. The van der Waals surface area contributed by atoms with Gasteiger partial charge >= 0.3 is 5.97 Å². The first-order valence-corrected chi connectivity index (χ1v) is 7.74. The molecule has 0 spiro atoms. The largest absolute Gasteiger partial charge is 0.481 e. The molecule has 0 aromatic heterocycles. The zero-order valence-electron chi connectivity index (χ0n) is 13.0. The summed E-state index contributed by atoms with van der Waals surface area (Å²) in [5, 5.41) is 12.7. The first kappa shape index (κ1) is 16.0. The number of benzene rings is 1. The molecule has 21 heavy (non-hydrogen) atoms. The third-order valence-electron chi connectivity index (χ3n) is 4.21. The molecule has 1 aromatic carbocycles. The molecule has 116 valence electrons. The van der Waals surface area contributed by atoms with E-state index in [9.17, 15) is 4.79 Å². The molecule has 0 saturated heterocycles. The van der Waals surface area contributed by atoms with Gasteiger partial charge in [-0.15, -0.1) is 0 Å². The van der Waals surface area contributed by atoms with Crippen LogP contribution >= 0.6 is 0 Å². The van der Waals surface area contributed by atoms with Gasteiger partial charge in [-0.1, -0.05) is 30.7 Å². The summed E-state index contributed by atoms with van der Waals surface area (Å²) >= 11 is 0. The van der Waals surface area contributed by atoms with Gasteiger partial charge in [0.1, 0.15) is 0 Å². The molecule has 1 aliphatic rings. The van der Waals surface area contributed by atoms with Crippen LogP contribution in [0.2, 0.25) is 0 Å². The van der Waals surface area contributed by atoms with E-state index in [1.54, 1.807) is 0 Å². The summed E-state index contributed by atoms with van der Waals surface area (Å²) in [6.07, 6.45) is 3.67. The van der Waals surface area contributed by atoms with Crippen LogP contribution in [0.25, 0.3) is 0 Å². The van der Waals surface area contributed by atoms with E-state index < -0.39 is 5.97 Å². The fourth-order valence-electron chi connectivity index (χ4n) is 3.08. The molecule has 0 aliphatic heterocycles. The maximum atomic E-state index is 11.1. The standard InChI is InChI=1S/C17H26N2O2/c1-19(2)12-15-7-4-3-6-14(15)11-18-16-9-5-8-13(10-16)17(20)21/h3-4,6-7,13,16,18H,5,8-12H2,1-2H3,(H,20,21). The molecule has 1 aliphatic carbocycles. The molecule has 4 heteroatoms. The Bertz CT molecular complexity index is 474. The molecule has 2 N–H and O–H groups in total. The highest BCUT2D eigenvalue weighted by atomic mass is 16.4. The van der Waals surface area contributed by atoms with E-state index >= 15 is 0 Å². The molecule has 0 radical (unpaired) electrons. The molecular weight excluding hydrogens is 264 g/mol. The predicted molar refractivity (Wildman–Crippen MR) is 84.1 cm³/mol. The molecule has 0 bridgehead atoms. The zero-order valence-corrected chi connectivity index (χ0v) is 13.0. The topological polar surface area (TPSA) is 52.6 Å². The molecule has 0 amide bonds. The maximum Gasteiger partial charge on any atom is 0.306 e. The third kappa shape index (κ3) is 4.83. The van der Waals surface area contributed by atoms with Gasteiger partial charge in [0.05, 0.1) is 5.92 Å². The van der Waals surface area contributed by atoms with Crippen LogP contribution in [-0.4, -0.2) is 36.1 Å². The Morgan fingerprint density at radius 2 is 2.00 bits per heavy atom. The second-order valence-corrected chi connectivity index (χ2v) is 6.29. The number of hydrogen-bond acceptors (Lipinski definition) is 3. The van der Waals surface area contributed by atoms with Gasteiger partial charge in [0.25, 0.3) is 0 Å². The maximum absolute atomic E-state index is 11.1. The number of carbonyl (C=O) groups is 1. The quantitative estimate of drug-likeness (QED) is 0.845. The van der Waals surface area contributed by atoms with Crippen LogP contribution in [0.5, 0.6) is 0 Å². The number of aliphatic carboxylic acids is 1. The van der Waals surface area contributed by atoms with Crippen molar-refractivity contribution >= 4 is 5.97 Å². The normalized spacial score (nSPS) is 22.4. The number of rotatable bonds is 6. The van der Waals surface area contributed by atoms with Crippen molar-refractivity contribution in [1.82, 2.24) is 10.2 Å². The molecule has 2 atom stereocenters. The summed E-state index contributed by atoms with van der Waals surface area (Å²) in [6.45, 7) is 1.75. The summed E-state index contributed by atoms with van der Waals surface area (Å²) in [5.41, 5.74) is 2.64. The third-order valence-corrected chi connectivity index (χ3v) is 4.21. The molecule has 4 nitrogen and oxygen atoms in total. The summed E-state index contributed by atoms with van der Waals surface area (Å²) in [7, 11) is 4.14. The minimum Gasteiger partial charge on any atom is -0.481 e. The molecule has 1 saturated carbocycles. The molecule has 2 rings (SSSR count). The Labute approximate surface area is 127 Å². The van der Waals surface area contributed by atoms with Crippen molar-refractivity contribution in [2.75, 3.05) is 14.1 Å². The highest BCUT2D eigenvalue weighted by Gasteiger charge is 2.26. The Morgan fingerprint density at radius 3 is 2.67 bits per heavy atom. The highest BCUT2D eigenvalue weighted by Crippen LogP contribution is 2.25. The first-order chi connectivity index (χ1) is 10.1. The summed E-state index contributed by atoms with van der Waals surface area (Å²) < 4.78 is 0. The van der Waals surface area contributed by atoms with Crippen molar-refractivity contribution in [2.45, 2.75) is 44.8 Å². The van der Waals surface area contributed by atoms with Crippen molar-refractivity contribution in [3.63, 3.8) is 0 Å². The average Bonchev–Trinajstić information content (AvgIpc) is 2.46. The van der Waals surface area contributed by atoms with E-state index in [1.807, 2.05) is 0 Å². The second kappa shape index (κ2) is 7.57. The van der Waals surface area contributed by atoms with Crippen LogP contribution < -0.4 is 5.32 Å². The number of carboxylic acids is 1. The van der Waals surface area contributed by atoms with E-state index in [0.717, 1.165) is 38.8 Å². The Kier molecular flexibility index (Phi) is 5.76. The Balaban J connectivity index is 1.92. The number of nitrogens with zero attached hydrogens (tertiary/aromatic N) is 1. The van der Waals surface area contributed by atoms with Crippen LogP contribution in [0.1, 0.15) is 36.8 Å². The lowest BCUT2D eigenvalue weighted by molar-refractivity contribution is -0.143. The van der Waals surface area contributed by atoms with E-state index in [2.05, 4.69) is 48.6 Å². The van der Waals surface area contributed by atoms with Gasteiger partial charge in [0.2, 0.25) is 0 Å². The van der Waals surface area contributed by atoms with Gasteiger partial charge < -0.3 is 15.3 Å². The van der Waals surface area contributed by atoms with Gasteiger partial charge in [0, 0.05) is 19.1 Å². The fraction of sp³-hybridized carbons (Fsp3) is 0.588. The summed E-state index contributed by atoms with van der Waals surface area (Å²) in [6, 6.07) is 8.79. The van der Waals surface area contributed by atoms with Crippen LogP contribution in [0.4, 0.5) is 0 Å². The van der Waals surface area contributed by atoms with E-state index in [4.69, 9.17) is 5.11 Å². The van der Waals surface area contributed by atoms with Crippen molar-refractivity contribution in [2.24, 2.45) is 5.92 Å². The van der Waals surface area contributed by atoms with Crippen molar-refractivity contribution in [3.05, 3.63) is 35.4 Å². The second-order valence-electron chi connectivity index (χ2n) is 6.29. The highest BCUT2D eigenvalue weighted by molar-refractivity contribution is 5.70.